The Hall–Kier alpha value is -1.18. The van der Waals surface area contributed by atoms with Crippen LogP contribution in [0, 0.1) is 0 Å². The van der Waals surface area contributed by atoms with E-state index in [1.165, 1.54) is 0 Å². The molecule has 1 unspecified atom stereocenters. The van der Waals surface area contributed by atoms with Crippen molar-refractivity contribution in [2.75, 3.05) is 31.6 Å². The number of nitrogens with one attached hydrogen (secondary N) is 1. The van der Waals surface area contributed by atoms with E-state index in [2.05, 4.69) is 37.2 Å². The first-order chi connectivity index (χ1) is 9.67. The Morgan fingerprint density at radius 2 is 2.45 bits per heavy atom. The number of halogens is 1. The number of carbonyl (C=O) groups is 1. The SMILES string of the molecule is CNC(=O)C1CN(c2nc3ccc(Br)cc3s2)CCO1. The molecule has 5 nitrogen and oxygen atoms in total. The van der Waals surface area contributed by atoms with E-state index < -0.39 is 6.10 Å². The Kier molecular flexibility index (Phi) is 3.91. The lowest BCUT2D eigenvalue weighted by Gasteiger charge is -2.31. The van der Waals surface area contributed by atoms with Gasteiger partial charge in [-0.05, 0) is 18.2 Å². The molecule has 1 fully saturated rings. The average molecular weight is 356 g/mol. The summed E-state index contributed by atoms with van der Waals surface area (Å²) < 4.78 is 7.67. The van der Waals surface area contributed by atoms with Gasteiger partial charge in [0, 0.05) is 18.1 Å². The van der Waals surface area contributed by atoms with E-state index in [0.29, 0.717) is 13.2 Å². The standard InChI is InChI=1S/C13H14BrN3O2S/c1-15-12(18)10-7-17(4-5-19-10)13-16-9-3-2-8(14)6-11(9)20-13/h2-3,6,10H,4-5,7H2,1H3,(H,15,18). The largest absolute Gasteiger partial charge is 0.365 e. The van der Waals surface area contributed by atoms with Crippen LogP contribution >= 0.6 is 27.3 Å². The number of rotatable bonds is 2. The molecule has 1 aliphatic heterocycles. The maximum atomic E-state index is 11.7. The van der Waals surface area contributed by atoms with Crippen molar-refractivity contribution < 1.29 is 9.53 Å². The van der Waals surface area contributed by atoms with Gasteiger partial charge in [0.1, 0.15) is 0 Å². The van der Waals surface area contributed by atoms with E-state index in [0.717, 1.165) is 26.4 Å². The number of amides is 1. The molecule has 1 saturated heterocycles. The predicted octanol–water partition coefficient (Wildman–Crippen LogP) is 2.01. The van der Waals surface area contributed by atoms with Gasteiger partial charge in [-0.15, -0.1) is 0 Å². The molecule has 0 saturated carbocycles. The fraction of sp³-hybridized carbons (Fsp3) is 0.385. The monoisotopic (exact) mass is 355 g/mol. The van der Waals surface area contributed by atoms with Crippen molar-refractivity contribution in [3.8, 4) is 0 Å². The number of nitrogens with zero attached hydrogens (tertiary/aromatic N) is 2. The smallest absolute Gasteiger partial charge is 0.250 e. The molecule has 1 aromatic carbocycles. The molecule has 1 atom stereocenters. The van der Waals surface area contributed by atoms with Crippen LogP contribution in [0.25, 0.3) is 10.2 Å². The number of aromatic nitrogens is 1. The molecule has 2 aromatic rings. The number of likely N-dealkylation sites (N-methyl/N-ethyl adjacent to an activating group) is 1. The van der Waals surface area contributed by atoms with Gasteiger partial charge in [0.05, 0.1) is 23.4 Å². The summed E-state index contributed by atoms with van der Waals surface area (Å²) in [6.07, 6.45) is -0.424. The summed E-state index contributed by atoms with van der Waals surface area (Å²) in [5.74, 6) is -0.0847. The fourth-order valence-electron chi connectivity index (χ4n) is 2.16. The van der Waals surface area contributed by atoms with E-state index in [-0.39, 0.29) is 5.91 Å². The normalized spacial score (nSPS) is 19.3. The molecule has 1 N–H and O–H groups in total. The van der Waals surface area contributed by atoms with E-state index in [4.69, 9.17) is 4.74 Å². The highest BCUT2D eigenvalue weighted by atomic mass is 79.9. The Balaban J connectivity index is 1.84. The van der Waals surface area contributed by atoms with Crippen molar-refractivity contribution in [2.24, 2.45) is 0 Å². The third-order valence-electron chi connectivity index (χ3n) is 3.21. The third kappa shape index (κ3) is 2.65. The van der Waals surface area contributed by atoms with Crippen LogP contribution in [0.1, 0.15) is 0 Å². The minimum absolute atomic E-state index is 0.0847. The van der Waals surface area contributed by atoms with Gasteiger partial charge in [0.25, 0.3) is 5.91 Å². The summed E-state index contributed by atoms with van der Waals surface area (Å²) in [4.78, 5) is 18.4. The maximum absolute atomic E-state index is 11.7. The Morgan fingerprint density at radius 1 is 1.60 bits per heavy atom. The van der Waals surface area contributed by atoms with Gasteiger partial charge in [-0.1, -0.05) is 27.3 Å². The predicted molar refractivity (Wildman–Crippen MR) is 83.3 cm³/mol. The van der Waals surface area contributed by atoms with Crippen LogP contribution in [0.4, 0.5) is 5.13 Å². The van der Waals surface area contributed by atoms with Crippen molar-refractivity contribution >= 4 is 48.5 Å². The topological polar surface area (TPSA) is 54.5 Å². The van der Waals surface area contributed by atoms with Crippen LogP contribution in [0.5, 0.6) is 0 Å². The summed E-state index contributed by atoms with van der Waals surface area (Å²) in [7, 11) is 1.62. The Bertz CT molecular complexity index is 646. The van der Waals surface area contributed by atoms with Crippen molar-refractivity contribution in [1.82, 2.24) is 10.3 Å². The van der Waals surface area contributed by atoms with Crippen molar-refractivity contribution in [1.29, 1.82) is 0 Å². The molecule has 0 radical (unpaired) electrons. The number of hydrogen-bond donors (Lipinski definition) is 1. The van der Waals surface area contributed by atoms with Gasteiger partial charge in [0.2, 0.25) is 0 Å². The van der Waals surface area contributed by atoms with Gasteiger partial charge >= 0.3 is 0 Å². The van der Waals surface area contributed by atoms with E-state index >= 15 is 0 Å². The first-order valence-corrected chi connectivity index (χ1v) is 7.92. The molecule has 7 heteroatoms. The zero-order valence-electron chi connectivity index (χ0n) is 10.9. The molecular formula is C13H14BrN3O2S. The molecule has 3 rings (SSSR count). The molecule has 2 heterocycles. The van der Waals surface area contributed by atoms with Crippen LogP contribution < -0.4 is 10.2 Å². The number of benzene rings is 1. The first kappa shape index (κ1) is 13.8. The van der Waals surface area contributed by atoms with Crippen LogP contribution in [0.15, 0.2) is 22.7 Å². The van der Waals surface area contributed by atoms with Crippen molar-refractivity contribution in [2.45, 2.75) is 6.10 Å². The quantitative estimate of drug-likeness (QED) is 0.895. The van der Waals surface area contributed by atoms with Gasteiger partial charge in [-0.25, -0.2) is 4.98 Å². The minimum atomic E-state index is -0.424. The summed E-state index contributed by atoms with van der Waals surface area (Å²) in [5, 5.41) is 3.57. The summed E-state index contributed by atoms with van der Waals surface area (Å²) in [5.41, 5.74) is 0.983. The molecular weight excluding hydrogens is 342 g/mol. The molecule has 1 amide bonds. The fourth-order valence-corrected chi connectivity index (χ4v) is 3.72. The van der Waals surface area contributed by atoms with Crippen molar-refractivity contribution in [3.05, 3.63) is 22.7 Å². The molecule has 1 aromatic heterocycles. The van der Waals surface area contributed by atoms with E-state index in [1.54, 1.807) is 18.4 Å². The second-order valence-electron chi connectivity index (χ2n) is 4.53. The molecule has 0 spiro atoms. The molecule has 20 heavy (non-hydrogen) atoms. The zero-order valence-corrected chi connectivity index (χ0v) is 13.3. The highest BCUT2D eigenvalue weighted by Crippen LogP contribution is 2.31. The van der Waals surface area contributed by atoms with Crippen LogP contribution in [-0.4, -0.2) is 43.7 Å². The lowest BCUT2D eigenvalue weighted by molar-refractivity contribution is -0.132. The maximum Gasteiger partial charge on any atom is 0.250 e. The Labute approximate surface area is 129 Å². The van der Waals surface area contributed by atoms with Gasteiger partial charge in [0.15, 0.2) is 11.2 Å². The van der Waals surface area contributed by atoms with Crippen LogP contribution in [-0.2, 0) is 9.53 Å². The number of fused-ring (bicyclic) bond motifs is 1. The van der Waals surface area contributed by atoms with Gasteiger partial charge in [-0.2, -0.15) is 0 Å². The number of hydrogen-bond acceptors (Lipinski definition) is 5. The second kappa shape index (κ2) is 5.67. The van der Waals surface area contributed by atoms with Crippen molar-refractivity contribution in [3.63, 3.8) is 0 Å². The zero-order chi connectivity index (χ0) is 14.1. The lowest BCUT2D eigenvalue weighted by atomic mass is 10.2. The number of carbonyl (C=O) groups excluding carboxylic acids is 1. The summed E-state index contributed by atoms with van der Waals surface area (Å²) >= 11 is 5.10. The summed E-state index contributed by atoms with van der Waals surface area (Å²) in [6, 6.07) is 6.04. The lowest BCUT2D eigenvalue weighted by Crippen LogP contribution is -2.49. The number of ether oxygens (including phenoxy) is 1. The molecule has 106 valence electrons. The van der Waals surface area contributed by atoms with E-state index in [9.17, 15) is 4.79 Å². The van der Waals surface area contributed by atoms with Gasteiger partial charge < -0.3 is 15.0 Å². The number of morpholine rings is 1. The Morgan fingerprint density at radius 3 is 3.25 bits per heavy atom. The molecule has 0 aliphatic carbocycles. The minimum Gasteiger partial charge on any atom is -0.365 e. The highest BCUT2D eigenvalue weighted by Gasteiger charge is 2.27. The van der Waals surface area contributed by atoms with Gasteiger partial charge in [-0.3, -0.25) is 4.79 Å². The third-order valence-corrected chi connectivity index (χ3v) is 4.79. The van der Waals surface area contributed by atoms with Crippen LogP contribution in [0.3, 0.4) is 0 Å². The molecule has 0 bridgehead atoms. The first-order valence-electron chi connectivity index (χ1n) is 6.31. The van der Waals surface area contributed by atoms with Crippen LogP contribution in [0.2, 0.25) is 0 Å². The summed E-state index contributed by atoms with van der Waals surface area (Å²) in [6.45, 7) is 1.84. The van der Waals surface area contributed by atoms with E-state index in [1.807, 2.05) is 12.1 Å². The second-order valence-corrected chi connectivity index (χ2v) is 6.45. The number of anilines is 1. The highest BCUT2D eigenvalue weighted by molar-refractivity contribution is 9.10. The number of thiazole rings is 1. The molecule has 1 aliphatic rings. The average Bonchev–Trinajstić information content (AvgIpc) is 2.89.